The largest absolute Gasteiger partial charge is 0.462 e. The molecule has 0 heterocycles. The summed E-state index contributed by atoms with van der Waals surface area (Å²) in [5, 5.41) is 0. The number of ether oxygens (including phenoxy) is 3. The van der Waals surface area contributed by atoms with Gasteiger partial charge in [-0.25, -0.2) is 0 Å². The van der Waals surface area contributed by atoms with Crippen LogP contribution in [-0.4, -0.2) is 37.2 Å². The molecular weight excluding hydrogens is 865 g/mol. The predicted octanol–water partition coefficient (Wildman–Crippen LogP) is 20.4. The van der Waals surface area contributed by atoms with Gasteiger partial charge in [0.25, 0.3) is 0 Å². The van der Waals surface area contributed by atoms with E-state index in [2.05, 4.69) is 81.5 Å². The summed E-state index contributed by atoms with van der Waals surface area (Å²) in [6.45, 7) is 6.52. The summed E-state index contributed by atoms with van der Waals surface area (Å²) in [5.41, 5.74) is 0. The highest BCUT2D eigenvalue weighted by Crippen LogP contribution is 2.16. The van der Waals surface area contributed by atoms with Crippen LogP contribution >= 0.6 is 0 Å². The number of carbonyl (C=O) groups excluding carboxylic acids is 3. The maximum Gasteiger partial charge on any atom is 0.306 e. The van der Waals surface area contributed by atoms with Gasteiger partial charge < -0.3 is 14.2 Å². The Kier molecular flexibility index (Phi) is 56.3. The van der Waals surface area contributed by atoms with Gasteiger partial charge in [-0.3, -0.25) is 14.4 Å². The molecule has 0 saturated carbocycles. The fourth-order valence-electron chi connectivity index (χ4n) is 8.72. The van der Waals surface area contributed by atoms with Crippen LogP contribution in [-0.2, 0) is 28.6 Å². The van der Waals surface area contributed by atoms with Crippen molar-refractivity contribution in [1.29, 1.82) is 0 Å². The van der Waals surface area contributed by atoms with E-state index in [-0.39, 0.29) is 31.1 Å². The van der Waals surface area contributed by atoms with E-state index in [1.54, 1.807) is 0 Å². The highest BCUT2D eigenvalue weighted by molar-refractivity contribution is 5.71. The van der Waals surface area contributed by atoms with Gasteiger partial charge in [0, 0.05) is 19.3 Å². The van der Waals surface area contributed by atoms with Crippen molar-refractivity contribution in [2.45, 2.75) is 316 Å². The molecule has 0 aromatic heterocycles. The van der Waals surface area contributed by atoms with Crippen LogP contribution in [0.1, 0.15) is 310 Å². The van der Waals surface area contributed by atoms with Gasteiger partial charge in [0.2, 0.25) is 0 Å². The number of hydrogen-bond acceptors (Lipinski definition) is 6. The molecule has 0 amide bonds. The van der Waals surface area contributed by atoms with E-state index in [1.807, 2.05) is 0 Å². The SMILES string of the molecule is CC/C=C\C/C=C\C/C=C\C/C=C\CCCCCCCCCCCCCCCCC(=O)OCC(COC(=O)CCCCCCCCCC)OC(=O)CCCCCCCCC/C=C\CCCCCCCC. The number of rotatable bonds is 55. The molecule has 1 unspecified atom stereocenters. The first kappa shape index (κ1) is 67.1. The van der Waals surface area contributed by atoms with Gasteiger partial charge in [-0.05, 0) is 83.5 Å². The zero-order valence-electron chi connectivity index (χ0n) is 46.5. The van der Waals surface area contributed by atoms with Crippen LogP contribution in [0.5, 0.6) is 0 Å². The summed E-state index contributed by atoms with van der Waals surface area (Å²) in [6, 6.07) is 0. The average molecular weight is 980 g/mol. The molecule has 0 bridgehead atoms. The first-order valence-corrected chi connectivity index (χ1v) is 30.3. The highest BCUT2D eigenvalue weighted by atomic mass is 16.6. The van der Waals surface area contributed by atoms with Crippen molar-refractivity contribution < 1.29 is 28.6 Å². The molecule has 0 rings (SSSR count). The summed E-state index contributed by atoms with van der Waals surface area (Å²) in [7, 11) is 0. The van der Waals surface area contributed by atoms with Gasteiger partial charge in [0.1, 0.15) is 13.2 Å². The van der Waals surface area contributed by atoms with Crippen LogP contribution in [0.2, 0.25) is 0 Å². The lowest BCUT2D eigenvalue weighted by atomic mass is 10.0. The zero-order valence-corrected chi connectivity index (χ0v) is 46.5. The topological polar surface area (TPSA) is 78.9 Å². The van der Waals surface area contributed by atoms with E-state index in [0.717, 1.165) is 83.5 Å². The molecule has 0 spiro atoms. The Morgan fingerprint density at radius 2 is 0.557 bits per heavy atom. The number of hydrogen-bond donors (Lipinski definition) is 0. The van der Waals surface area contributed by atoms with Crippen LogP contribution < -0.4 is 0 Å². The Morgan fingerprint density at radius 3 is 0.886 bits per heavy atom. The number of unbranched alkanes of at least 4 members (excludes halogenated alkanes) is 34. The summed E-state index contributed by atoms with van der Waals surface area (Å²) in [5.74, 6) is -0.869. The standard InChI is InChI=1S/C64H114O6/c1-4-7-10-13-16-19-21-23-25-27-28-29-30-31-32-33-34-35-36-38-39-41-43-45-48-51-54-57-63(66)69-60-61(59-68-62(65)56-53-50-47-18-15-12-9-6-3)70-64(67)58-55-52-49-46-44-42-40-37-26-24-22-20-17-14-11-8-5-2/h7,10,16,19,23-26,28-29,61H,4-6,8-9,11-15,17-18,20-22,27,30-60H2,1-3H3/b10-7-,19-16-,25-23-,26-24-,29-28-. The maximum absolute atomic E-state index is 12.8. The van der Waals surface area contributed by atoms with Crippen molar-refractivity contribution in [3.05, 3.63) is 60.8 Å². The first-order valence-electron chi connectivity index (χ1n) is 30.3. The Bertz CT molecular complexity index is 1260. The summed E-state index contributed by atoms with van der Waals surface area (Å²) >= 11 is 0. The molecule has 0 radical (unpaired) electrons. The molecule has 406 valence electrons. The number of esters is 3. The van der Waals surface area contributed by atoms with E-state index in [1.165, 1.54) is 186 Å². The van der Waals surface area contributed by atoms with Crippen molar-refractivity contribution in [1.82, 2.24) is 0 Å². The third kappa shape index (κ3) is 56.0. The molecule has 0 aliphatic rings. The van der Waals surface area contributed by atoms with Crippen LogP contribution in [0.15, 0.2) is 60.8 Å². The van der Waals surface area contributed by atoms with E-state index in [0.29, 0.717) is 19.3 Å². The molecule has 0 aromatic rings. The smallest absolute Gasteiger partial charge is 0.306 e. The minimum Gasteiger partial charge on any atom is -0.462 e. The Hall–Kier alpha value is -2.89. The van der Waals surface area contributed by atoms with Crippen molar-refractivity contribution in [3.63, 3.8) is 0 Å². The molecule has 6 nitrogen and oxygen atoms in total. The van der Waals surface area contributed by atoms with Gasteiger partial charge in [-0.15, -0.1) is 0 Å². The highest BCUT2D eigenvalue weighted by Gasteiger charge is 2.19. The van der Waals surface area contributed by atoms with Gasteiger partial charge in [0.05, 0.1) is 0 Å². The van der Waals surface area contributed by atoms with Crippen LogP contribution in [0.4, 0.5) is 0 Å². The molecule has 6 heteroatoms. The summed E-state index contributed by atoms with van der Waals surface area (Å²) in [4.78, 5) is 38.0. The van der Waals surface area contributed by atoms with E-state index in [4.69, 9.17) is 14.2 Å². The monoisotopic (exact) mass is 979 g/mol. The molecule has 70 heavy (non-hydrogen) atoms. The molecular formula is C64H114O6. The Labute approximate surface area is 434 Å². The lowest BCUT2D eigenvalue weighted by molar-refractivity contribution is -0.167. The Morgan fingerprint density at radius 1 is 0.300 bits per heavy atom. The summed E-state index contributed by atoms with van der Waals surface area (Å²) in [6.07, 6.45) is 73.8. The first-order chi connectivity index (χ1) is 34.5. The lowest BCUT2D eigenvalue weighted by Gasteiger charge is -2.18. The van der Waals surface area contributed by atoms with Crippen LogP contribution in [0.25, 0.3) is 0 Å². The molecule has 1 atom stereocenters. The number of allylic oxidation sites excluding steroid dienone is 10. The lowest BCUT2D eigenvalue weighted by Crippen LogP contribution is -2.30. The molecule has 0 fully saturated rings. The zero-order chi connectivity index (χ0) is 50.7. The third-order valence-electron chi connectivity index (χ3n) is 13.3. The van der Waals surface area contributed by atoms with Gasteiger partial charge in [0.15, 0.2) is 6.10 Å². The quantitative estimate of drug-likeness (QED) is 0.0261. The normalized spacial score (nSPS) is 12.4. The minimum atomic E-state index is -0.772. The van der Waals surface area contributed by atoms with Gasteiger partial charge >= 0.3 is 17.9 Å². The maximum atomic E-state index is 12.8. The van der Waals surface area contributed by atoms with Gasteiger partial charge in [-0.1, -0.05) is 268 Å². The molecule has 0 aliphatic heterocycles. The Balaban J connectivity index is 4.14. The second-order valence-corrected chi connectivity index (χ2v) is 20.2. The van der Waals surface area contributed by atoms with E-state index < -0.39 is 6.10 Å². The number of carbonyl (C=O) groups is 3. The van der Waals surface area contributed by atoms with Crippen LogP contribution in [0.3, 0.4) is 0 Å². The van der Waals surface area contributed by atoms with Crippen molar-refractivity contribution in [2.24, 2.45) is 0 Å². The minimum absolute atomic E-state index is 0.0726. The third-order valence-corrected chi connectivity index (χ3v) is 13.3. The fraction of sp³-hybridized carbons (Fsp3) is 0.797. The predicted molar refractivity (Wildman–Crippen MR) is 302 cm³/mol. The second-order valence-electron chi connectivity index (χ2n) is 20.2. The van der Waals surface area contributed by atoms with Crippen LogP contribution in [0, 0.1) is 0 Å². The fourth-order valence-corrected chi connectivity index (χ4v) is 8.72. The van der Waals surface area contributed by atoms with Gasteiger partial charge in [-0.2, -0.15) is 0 Å². The van der Waals surface area contributed by atoms with Crippen molar-refractivity contribution >= 4 is 17.9 Å². The molecule has 0 aliphatic carbocycles. The van der Waals surface area contributed by atoms with Crippen molar-refractivity contribution in [3.8, 4) is 0 Å². The second kappa shape index (κ2) is 58.7. The molecule has 0 aromatic carbocycles. The molecule has 0 saturated heterocycles. The van der Waals surface area contributed by atoms with Crippen molar-refractivity contribution in [2.75, 3.05) is 13.2 Å². The van der Waals surface area contributed by atoms with E-state index >= 15 is 0 Å². The summed E-state index contributed by atoms with van der Waals surface area (Å²) < 4.78 is 16.8. The van der Waals surface area contributed by atoms with E-state index in [9.17, 15) is 14.4 Å². The average Bonchev–Trinajstić information content (AvgIpc) is 3.36. The molecule has 0 N–H and O–H groups in total.